The van der Waals surface area contributed by atoms with Crippen molar-refractivity contribution in [3.63, 3.8) is 0 Å². The van der Waals surface area contributed by atoms with Gasteiger partial charge < -0.3 is 0 Å². The molecule has 0 N–H and O–H groups in total. The monoisotopic (exact) mass is 136 g/mol. The lowest BCUT2D eigenvalue weighted by Gasteiger charge is -2.30. The van der Waals surface area contributed by atoms with E-state index in [1.807, 2.05) is 0 Å². The predicted molar refractivity (Wildman–Crippen MR) is 43.8 cm³/mol. The second kappa shape index (κ2) is 2.41. The van der Waals surface area contributed by atoms with Crippen molar-refractivity contribution in [2.45, 2.75) is 38.5 Å². The van der Waals surface area contributed by atoms with Crippen molar-refractivity contribution in [3.05, 3.63) is 12.2 Å². The van der Waals surface area contributed by atoms with Crippen molar-refractivity contribution < 1.29 is 0 Å². The highest BCUT2D eigenvalue weighted by atomic mass is 14.4. The summed E-state index contributed by atoms with van der Waals surface area (Å²) in [4.78, 5) is 0. The highest BCUT2D eigenvalue weighted by molar-refractivity contribution is 5.04. The molecule has 0 aliphatic heterocycles. The summed E-state index contributed by atoms with van der Waals surface area (Å²) >= 11 is 0. The molecule has 2 aliphatic carbocycles. The summed E-state index contributed by atoms with van der Waals surface area (Å²) in [6.07, 6.45) is 8.64. The van der Waals surface area contributed by atoms with E-state index in [2.05, 4.69) is 6.58 Å². The van der Waals surface area contributed by atoms with Crippen LogP contribution in [0.5, 0.6) is 0 Å². The Labute approximate surface area is 63.3 Å². The summed E-state index contributed by atoms with van der Waals surface area (Å²) in [5.41, 5.74) is 1.51. The number of rotatable bonds is 1. The summed E-state index contributed by atoms with van der Waals surface area (Å²) in [5.74, 6) is 2.14. The van der Waals surface area contributed by atoms with Gasteiger partial charge in [0.1, 0.15) is 0 Å². The molecular weight excluding hydrogens is 120 g/mol. The van der Waals surface area contributed by atoms with E-state index in [0.29, 0.717) is 0 Å². The Bertz CT molecular complexity index is 142. The van der Waals surface area contributed by atoms with Gasteiger partial charge in [0.15, 0.2) is 0 Å². The first kappa shape index (κ1) is 6.45. The summed E-state index contributed by atoms with van der Waals surface area (Å²) in [5, 5.41) is 0. The SMILES string of the molecule is C=C1CCC(C2CCC2)C1. The lowest BCUT2D eigenvalue weighted by molar-refractivity contribution is 0.212. The van der Waals surface area contributed by atoms with Gasteiger partial charge in [-0.2, -0.15) is 0 Å². The molecular formula is C10H16. The van der Waals surface area contributed by atoms with Crippen molar-refractivity contribution in [2.75, 3.05) is 0 Å². The lowest BCUT2D eigenvalue weighted by Crippen LogP contribution is -2.19. The Hall–Kier alpha value is -0.260. The first-order valence-corrected chi connectivity index (χ1v) is 4.53. The molecule has 56 valence electrons. The molecule has 10 heavy (non-hydrogen) atoms. The van der Waals surface area contributed by atoms with Gasteiger partial charge >= 0.3 is 0 Å². The van der Waals surface area contributed by atoms with Crippen LogP contribution in [0.3, 0.4) is 0 Å². The third-order valence-corrected chi connectivity index (χ3v) is 3.24. The molecule has 0 spiro atoms. The Morgan fingerprint density at radius 1 is 1.10 bits per heavy atom. The highest BCUT2D eigenvalue weighted by Crippen LogP contribution is 2.43. The Kier molecular flexibility index (Phi) is 1.55. The third-order valence-electron chi connectivity index (χ3n) is 3.24. The smallest absolute Gasteiger partial charge is 0.0292 e. The van der Waals surface area contributed by atoms with Gasteiger partial charge in [-0.15, -0.1) is 0 Å². The van der Waals surface area contributed by atoms with Gasteiger partial charge in [0.25, 0.3) is 0 Å². The van der Waals surface area contributed by atoms with E-state index in [9.17, 15) is 0 Å². The molecule has 0 aromatic carbocycles. The fraction of sp³-hybridized carbons (Fsp3) is 0.800. The average molecular weight is 136 g/mol. The van der Waals surface area contributed by atoms with Crippen LogP contribution >= 0.6 is 0 Å². The third kappa shape index (κ3) is 1.00. The normalized spacial score (nSPS) is 34.4. The van der Waals surface area contributed by atoms with Crippen molar-refractivity contribution in [3.8, 4) is 0 Å². The van der Waals surface area contributed by atoms with Crippen LogP contribution in [0.15, 0.2) is 12.2 Å². The van der Waals surface area contributed by atoms with Gasteiger partial charge in [-0.3, -0.25) is 0 Å². The quantitative estimate of drug-likeness (QED) is 0.486. The maximum absolute atomic E-state index is 4.05. The average Bonchev–Trinajstić information content (AvgIpc) is 2.10. The molecule has 0 bridgehead atoms. The summed E-state index contributed by atoms with van der Waals surface area (Å²) in [7, 11) is 0. The van der Waals surface area contributed by atoms with Crippen molar-refractivity contribution in [1.82, 2.24) is 0 Å². The topological polar surface area (TPSA) is 0 Å². The molecule has 2 rings (SSSR count). The zero-order chi connectivity index (χ0) is 6.97. The van der Waals surface area contributed by atoms with Crippen LogP contribution in [0, 0.1) is 11.8 Å². The fourth-order valence-electron chi connectivity index (χ4n) is 2.28. The molecule has 0 heteroatoms. The molecule has 2 saturated carbocycles. The van der Waals surface area contributed by atoms with Gasteiger partial charge in [-0.1, -0.05) is 31.4 Å². The molecule has 0 aromatic heterocycles. The zero-order valence-corrected chi connectivity index (χ0v) is 6.60. The molecule has 0 nitrogen and oxygen atoms in total. The lowest BCUT2D eigenvalue weighted by atomic mass is 9.75. The Morgan fingerprint density at radius 2 is 1.90 bits per heavy atom. The van der Waals surface area contributed by atoms with Crippen LogP contribution in [0.1, 0.15) is 38.5 Å². The van der Waals surface area contributed by atoms with Crippen LogP contribution in [0.2, 0.25) is 0 Å². The van der Waals surface area contributed by atoms with Crippen LogP contribution in [0.4, 0.5) is 0 Å². The molecule has 0 saturated heterocycles. The highest BCUT2D eigenvalue weighted by Gasteiger charge is 2.30. The van der Waals surface area contributed by atoms with Gasteiger partial charge in [0.05, 0.1) is 0 Å². The predicted octanol–water partition coefficient (Wildman–Crippen LogP) is 3.14. The number of allylic oxidation sites excluding steroid dienone is 1. The van der Waals surface area contributed by atoms with E-state index in [1.54, 1.807) is 0 Å². The second-order valence-electron chi connectivity index (χ2n) is 3.94. The largest absolute Gasteiger partial charge is 0.0999 e. The van der Waals surface area contributed by atoms with E-state index in [-0.39, 0.29) is 0 Å². The molecule has 0 amide bonds. The fourth-order valence-corrected chi connectivity index (χ4v) is 2.28. The van der Waals surface area contributed by atoms with Gasteiger partial charge in [-0.25, -0.2) is 0 Å². The van der Waals surface area contributed by atoms with E-state index < -0.39 is 0 Å². The number of hydrogen-bond acceptors (Lipinski definition) is 0. The van der Waals surface area contributed by atoms with Crippen LogP contribution < -0.4 is 0 Å². The first-order chi connectivity index (χ1) is 4.86. The maximum atomic E-state index is 4.05. The molecule has 1 unspecified atom stereocenters. The Balaban J connectivity index is 1.88. The van der Waals surface area contributed by atoms with Gasteiger partial charge in [0, 0.05) is 0 Å². The molecule has 0 radical (unpaired) electrons. The minimum Gasteiger partial charge on any atom is -0.0999 e. The van der Waals surface area contributed by atoms with E-state index >= 15 is 0 Å². The number of hydrogen-bond donors (Lipinski definition) is 0. The molecule has 0 heterocycles. The van der Waals surface area contributed by atoms with Crippen LogP contribution in [-0.2, 0) is 0 Å². The van der Waals surface area contributed by atoms with Crippen molar-refractivity contribution in [2.24, 2.45) is 11.8 Å². The zero-order valence-electron chi connectivity index (χ0n) is 6.60. The van der Waals surface area contributed by atoms with E-state index in [4.69, 9.17) is 0 Å². The Morgan fingerprint density at radius 3 is 2.30 bits per heavy atom. The van der Waals surface area contributed by atoms with Gasteiger partial charge in [0.2, 0.25) is 0 Å². The standard InChI is InChI=1S/C10H16/c1-8-5-6-10(7-8)9-3-2-4-9/h9-10H,1-7H2. The summed E-state index contributed by atoms with van der Waals surface area (Å²) in [6.45, 7) is 4.05. The molecule has 2 aliphatic rings. The van der Waals surface area contributed by atoms with Crippen molar-refractivity contribution >= 4 is 0 Å². The minimum atomic E-state index is 1.04. The van der Waals surface area contributed by atoms with Crippen LogP contribution in [0.25, 0.3) is 0 Å². The molecule has 2 fully saturated rings. The van der Waals surface area contributed by atoms with Gasteiger partial charge in [-0.05, 0) is 31.1 Å². The summed E-state index contributed by atoms with van der Waals surface area (Å²) < 4.78 is 0. The van der Waals surface area contributed by atoms with Crippen molar-refractivity contribution in [1.29, 1.82) is 0 Å². The second-order valence-corrected chi connectivity index (χ2v) is 3.94. The van der Waals surface area contributed by atoms with E-state index in [1.165, 1.54) is 44.1 Å². The van der Waals surface area contributed by atoms with Crippen LogP contribution in [-0.4, -0.2) is 0 Å². The molecule has 1 atom stereocenters. The van der Waals surface area contributed by atoms with E-state index in [0.717, 1.165) is 11.8 Å². The molecule has 0 aromatic rings. The summed E-state index contributed by atoms with van der Waals surface area (Å²) in [6, 6.07) is 0. The maximum Gasteiger partial charge on any atom is -0.0292 e. The first-order valence-electron chi connectivity index (χ1n) is 4.53. The minimum absolute atomic E-state index is 1.04.